The molecule has 1 amide bonds. The van der Waals surface area contributed by atoms with Crippen molar-refractivity contribution in [2.24, 2.45) is 0 Å². The van der Waals surface area contributed by atoms with Crippen molar-refractivity contribution < 1.29 is 33.7 Å². The number of Topliss-reactive ketones (excluding diaryl/α,β-unsaturated/α-hetero) is 1. The fourth-order valence-corrected chi connectivity index (χ4v) is 3.83. The van der Waals surface area contributed by atoms with Gasteiger partial charge >= 0.3 is 0 Å². The van der Waals surface area contributed by atoms with Crippen LogP contribution in [0.4, 0.5) is 10.1 Å². The predicted octanol–water partition coefficient (Wildman–Crippen LogP) is 3.23. The van der Waals surface area contributed by atoms with Crippen LogP contribution in [0.1, 0.15) is 17.2 Å². The number of ketones is 1. The molecule has 1 fully saturated rings. The molecule has 3 aromatic rings. The number of hydrogen-bond donors (Lipinski definition) is 1. The summed E-state index contributed by atoms with van der Waals surface area (Å²) in [4.78, 5) is 37.9. The van der Waals surface area contributed by atoms with Crippen molar-refractivity contribution in [2.75, 3.05) is 11.5 Å². The van der Waals surface area contributed by atoms with Crippen molar-refractivity contribution in [1.29, 1.82) is 0 Å². The van der Waals surface area contributed by atoms with Crippen molar-refractivity contribution >= 4 is 40.7 Å². The van der Waals surface area contributed by atoms with Gasteiger partial charge < -0.3 is 19.7 Å². The maximum absolute atomic E-state index is 14.1. The van der Waals surface area contributed by atoms with E-state index in [2.05, 4.69) is 0 Å². The molecule has 3 aromatic carbocycles. The van der Waals surface area contributed by atoms with Crippen LogP contribution in [-0.2, 0) is 14.4 Å². The van der Waals surface area contributed by atoms with Crippen LogP contribution in [0.15, 0.2) is 78.4 Å². The SMILES string of the molecule is O=C([O-])COc1ccc(N2C(=O)C(=O)C(=C(O)c3ccc(Cl)cc3)C2c2cccc(F)c2)cc1. The third-order valence-corrected chi connectivity index (χ3v) is 5.45. The summed E-state index contributed by atoms with van der Waals surface area (Å²) in [6.45, 7) is -0.658. The van der Waals surface area contributed by atoms with Crippen molar-refractivity contribution in [2.45, 2.75) is 6.04 Å². The molecule has 4 rings (SSSR count). The van der Waals surface area contributed by atoms with Crippen LogP contribution in [0, 0.1) is 5.82 Å². The highest BCUT2D eigenvalue weighted by Crippen LogP contribution is 2.42. The molecular formula is C25H16ClFNO6-. The molecule has 172 valence electrons. The fourth-order valence-electron chi connectivity index (χ4n) is 3.70. The molecule has 0 aliphatic carbocycles. The third kappa shape index (κ3) is 4.49. The van der Waals surface area contributed by atoms with Gasteiger partial charge in [-0.3, -0.25) is 14.5 Å². The smallest absolute Gasteiger partial charge is 0.300 e. The van der Waals surface area contributed by atoms with Gasteiger partial charge in [-0.1, -0.05) is 23.7 Å². The molecule has 1 atom stereocenters. The van der Waals surface area contributed by atoms with Crippen LogP contribution in [0.25, 0.3) is 5.76 Å². The first-order valence-electron chi connectivity index (χ1n) is 10.0. The van der Waals surface area contributed by atoms with Gasteiger partial charge in [0, 0.05) is 16.3 Å². The Morgan fingerprint density at radius 2 is 1.74 bits per heavy atom. The number of rotatable bonds is 6. The molecule has 34 heavy (non-hydrogen) atoms. The van der Waals surface area contributed by atoms with Gasteiger partial charge in [-0.05, 0) is 66.2 Å². The number of amides is 1. The molecule has 9 heteroatoms. The third-order valence-electron chi connectivity index (χ3n) is 5.20. The number of anilines is 1. The summed E-state index contributed by atoms with van der Waals surface area (Å²) in [6, 6.07) is 16.0. The molecule has 7 nitrogen and oxygen atoms in total. The second-order valence-corrected chi connectivity index (χ2v) is 7.82. The number of aliphatic carboxylic acids is 1. The van der Waals surface area contributed by atoms with E-state index in [9.17, 15) is 29.0 Å². The van der Waals surface area contributed by atoms with Gasteiger partial charge in [0.1, 0.15) is 23.9 Å². The fraction of sp³-hybridized carbons (Fsp3) is 0.0800. The number of carbonyl (C=O) groups excluding carboxylic acids is 3. The molecule has 1 aliphatic rings. The standard InChI is InChI=1S/C25H17ClFNO6/c26-16-6-4-14(5-7-16)23(31)21-22(15-2-1-3-17(27)12-15)28(25(33)24(21)32)18-8-10-19(11-9-18)34-13-20(29)30/h1-12,22,31H,13H2,(H,29,30)/p-1. The molecule has 1 saturated heterocycles. The largest absolute Gasteiger partial charge is 0.546 e. The van der Waals surface area contributed by atoms with Gasteiger partial charge in [-0.25, -0.2) is 4.39 Å². The zero-order valence-corrected chi connectivity index (χ0v) is 18.2. The van der Waals surface area contributed by atoms with Crippen LogP contribution in [-0.4, -0.2) is 29.4 Å². The molecule has 1 unspecified atom stereocenters. The molecule has 0 radical (unpaired) electrons. The second-order valence-electron chi connectivity index (χ2n) is 7.39. The van der Waals surface area contributed by atoms with E-state index in [0.717, 1.165) is 4.90 Å². The van der Waals surface area contributed by atoms with E-state index in [1.165, 1.54) is 66.7 Å². The Bertz CT molecular complexity index is 1300. The Kier molecular flexibility index (Phi) is 6.34. The molecule has 0 bridgehead atoms. The Morgan fingerprint density at radius 3 is 2.35 bits per heavy atom. The van der Waals surface area contributed by atoms with Crippen molar-refractivity contribution in [3.63, 3.8) is 0 Å². The van der Waals surface area contributed by atoms with Gasteiger partial charge in [0.15, 0.2) is 0 Å². The van der Waals surface area contributed by atoms with Gasteiger partial charge in [-0.15, -0.1) is 0 Å². The molecule has 1 N–H and O–H groups in total. The summed E-state index contributed by atoms with van der Waals surface area (Å²) in [7, 11) is 0. The average Bonchev–Trinajstić information content (AvgIpc) is 3.08. The van der Waals surface area contributed by atoms with Crippen LogP contribution in [0.5, 0.6) is 5.75 Å². The lowest BCUT2D eigenvalue weighted by molar-refractivity contribution is -0.307. The number of carboxylic acids is 1. The lowest BCUT2D eigenvalue weighted by Gasteiger charge is -2.25. The molecule has 1 aliphatic heterocycles. The summed E-state index contributed by atoms with van der Waals surface area (Å²) in [5.74, 6) is -4.08. The minimum absolute atomic E-state index is 0.202. The van der Waals surface area contributed by atoms with Crippen molar-refractivity contribution in [1.82, 2.24) is 0 Å². The lowest BCUT2D eigenvalue weighted by atomic mass is 9.95. The number of carboxylic acid groups (broad SMARTS) is 1. The van der Waals surface area contributed by atoms with E-state index < -0.39 is 41.9 Å². The quantitative estimate of drug-likeness (QED) is 0.330. The summed E-state index contributed by atoms with van der Waals surface area (Å²) in [6.07, 6.45) is 0. The lowest BCUT2D eigenvalue weighted by Crippen LogP contribution is -2.30. The van der Waals surface area contributed by atoms with Gasteiger partial charge in [0.2, 0.25) is 0 Å². The topological polar surface area (TPSA) is 107 Å². The number of aliphatic hydroxyl groups excluding tert-OH is 1. The van der Waals surface area contributed by atoms with Crippen molar-refractivity contribution in [3.8, 4) is 5.75 Å². The number of nitrogens with zero attached hydrogens (tertiary/aromatic N) is 1. The monoisotopic (exact) mass is 480 g/mol. The molecule has 0 aromatic heterocycles. The van der Waals surface area contributed by atoms with Gasteiger partial charge in [0.25, 0.3) is 11.7 Å². The highest BCUT2D eigenvalue weighted by Gasteiger charge is 2.47. The highest BCUT2D eigenvalue weighted by atomic mass is 35.5. The average molecular weight is 481 g/mol. The number of ether oxygens (including phenoxy) is 1. The first kappa shape index (κ1) is 23.0. The normalized spacial score (nSPS) is 17.1. The van der Waals surface area contributed by atoms with Crippen LogP contribution in [0.2, 0.25) is 5.02 Å². The number of hydrogen-bond acceptors (Lipinski definition) is 6. The molecule has 0 spiro atoms. The van der Waals surface area contributed by atoms with Crippen LogP contribution >= 0.6 is 11.6 Å². The van der Waals surface area contributed by atoms with E-state index in [0.29, 0.717) is 5.02 Å². The highest BCUT2D eigenvalue weighted by molar-refractivity contribution is 6.51. The van der Waals surface area contributed by atoms with Gasteiger partial charge in [0.05, 0.1) is 17.6 Å². The predicted molar refractivity (Wildman–Crippen MR) is 120 cm³/mol. The summed E-state index contributed by atoms with van der Waals surface area (Å²) >= 11 is 5.91. The Morgan fingerprint density at radius 1 is 1.06 bits per heavy atom. The maximum atomic E-state index is 14.1. The number of benzene rings is 3. The zero-order valence-electron chi connectivity index (χ0n) is 17.4. The summed E-state index contributed by atoms with van der Waals surface area (Å²) in [5, 5.41) is 22.0. The Hall–Kier alpha value is -4.17. The van der Waals surface area contributed by atoms with E-state index in [4.69, 9.17) is 16.3 Å². The second kappa shape index (κ2) is 9.36. The molecule has 1 heterocycles. The zero-order chi connectivity index (χ0) is 24.4. The molecular weight excluding hydrogens is 465 g/mol. The van der Waals surface area contributed by atoms with Crippen LogP contribution in [0.3, 0.4) is 0 Å². The maximum Gasteiger partial charge on any atom is 0.300 e. The van der Waals surface area contributed by atoms with E-state index in [1.807, 2.05) is 0 Å². The van der Waals surface area contributed by atoms with E-state index in [-0.39, 0.29) is 28.1 Å². The first-order valence-corrected chi connectivity index (χ1v) is 10.4. The Balaban J connectivity index is 1.83. The Labute approximate surface area is 198 Å². The minimum atomic E-state index is -1.40. The van der Waals surface area contributed by atoms with Crippen molar-refractivity contribution in [3.05, 3.63) is 100 Å². The number of carbonyl (C=O) groups is 3. The minimum Gasteiger partial charge on any atom is -0.546 e. The number of aliphatic hydroxyl groups is 1. The van der Waals surface area contributed by atoms with E-state index in [1.54, 1.807) is 6.07 Å². The van der Waals surface area contributed by atoms with Crippen LogP contribution < -0.4 is 14.7 Å². The number of halogens is 2. The summed E-state index contributed by atoms with van der Waals surface area (Å²) < 4.78 is 19.1. The van der Waals surface area contributed by atoms with Gasteiger partial charge in [-0.2, -0.15) is 0 Å². The molecule has 0 saturated carbocycles. The first-order chi connectivity index (χ1) is 16.3. The van der Waals surface area contributed by atoms with E-state index >= 15 is 0 Å². The summed E-state index contributed by atoms with van der Waals surface area (Å²) in [5.41, 5.74) is 0.573.